The molecule has 2 amide bonds. The zero-order chi connectivity index (χ0) is 24.4. The van der Waals surface area contributed by atoms with E-state index in [0.717, 1.165) is 11.4 Å². The molecule has 1 saturated heterocycles. The van der Waals surface area contributed by atoms with Crippen LogP contribution in [0.5, 0.6) is 5.75 Å². The number of urea groups is 1. The molecule has 0 saturated carbocycles. The van der Waals surface area contributed by atoms with E-state index in [-0.39, 0.29) is 23.7 Å². The Morgan fingerprint density at radius 3 is 2.65 bits per heavy atom. The Kier molecular flexibility index (Phi) is 7.09. The topological polar surface area (TPSA) is 79.7 Å². The van der Waals surface area contributed by atoms with Gasteiger partial charge in [0.05, 0.1) is 23.6 Å². The van der Waals surface area contributed by atoms with Crippen molar-refractivity contribution >= 4 is 34.2 Å². The lowest BCUT2D eigenvalue weighted by molar-refractivity contribution is 0.0796. The molecule has 2 unspecified atom stereocenters. The Hall–Kier alpha value is -3.10. The third-order valence-electron chi connectivity index (χ3n) is 6.33. The van der Waals surface area contributed by atoms with Crippen LogP contribution in [0.15, 0.2) is 47.3 Å². The molecule has 2 aromatic carbocycles. The van der Waals surface area contributed by atoms with Crippen molar-refractivity contribution in [1.82, 2.24) is 19.4 Å². The van der Waals surface area contributed by atoms with E-state index in [4.69, 9.17) is 21.3 Å². The number of rotatable bonds is 5. The fourth-order valence-corrected chi connectivity index (χ4v) is 4.60. The lowest BCUT2D eigenvalue weighted by Gasteiger charge is -2.42. The van der Waals surface area contributed by atoms with E-state index in [9.17, 15) is 9.59 Å². The van der Waals surface area contributed by atoms with E-state index >= 15 is 0 Å². The van der Waals surface area contributed by atoms with Crippen molar-refractivity contribution in [1.29, 1.82) is 0 Å². The van der Waals surface area contributed by atoms with Crippen LogP contribution in [0.4, 0.5) is 10.5 Å². The average molecular weight is 484 g/mol. The number of aromatic nitrogens is 2. The molecule has 2 atom stereocenters. The molecule has 3 aromatic rings. The molecule has 1 N–H and O–H groups in total. The minimum atomic E-state index is -0.130. The second-order valence-corrected chi connectivity index (χ2v) is 9.03. The van der Waals surface area contributed by atoms with Crippen LogP contribution in [0.1, 0.15) is 32.6 Å². The number of anilines is 1. The van der Waals surface area contributed by atoms with Crippen LogP contribution in [0.25, 0.3) is 10.9 Å². The minimum Gasteiger partial charge on any atom is -0.494 e. The highest BCUT2D eigenvalue weighted by atomic mass is 35.5. The molecular formula is C25H30ClN5O3. The Morgan fingerprint density at radius 1 is 1.24 bits per heavy atom. The molecule has 0 spiro atoms. The van der Waals surface area contributed by atoms with Gasteiger partial charge in [0, 0.05) is 43.4 Å². The molecular weight excluding hydrogens is 454 g/mol. The van der Waals surface area contributed by atoms with Gasteiger partial charge in [-0.2, -0.15) is 0 Å². The maximum atomic E-state index is 12.9. The zero-order valence-corrected chi connectivity index (χ0v) is 20.7. The van der Waals surface area contributed by atoms with E-state index in [1.165, 1.54) is 0 Å². The van der Waals surface area contributed by atoms with Gasteiger partial charge in [-0.3, -0.25) is 14.3 Å². The average Bonchev–Trinajstić information content (AvgIpc) is 2.82. The molecule has 0 radical (unpaired) electrons. The Morgan fingerprint density at radius 2 is 1.97 bits per heavy atom. The second kappa shape index (κ2) is 10.0. The van der Waals surface area contributed by atoms with Gasteiger partial charge >= 0.3 is 6.03 Å². The minimum absolute atomic E-state index is 0.00849. The summed E-state index contributed by atoms with van der Waals surface area (Å²) in [5, 5.41) is 4.07. The Labute approximate surface area is 204 Å². The summed E-state index contributed by atoms with van der Waals surface area (Å²) in [7, 11) is 1.75. The summed E-state index contributed by atoms with van der Waals surface area (Å²) in [6, 6.07) is 12.3. The van der Waals surface area contributed by atoms with Gasteiger partial charge in [0.1, 0.15) is 11.6 Å². The summed E-state index contributed by atoms with van der Waals surface area (Å²) in [4.78, 5) is 34.6. The number of halogens is 1. The number of nitrogens with zero attached hydrogens (tertiary/aromatic N) is 4. The highest BCUT2D eigenvalue weighted by Crippen LogP contribution is 2.24. The van der Waals surface area contributed by atoms with Gasteiger partial charge in [0.25, 0.3) is 5.56 Å². The highest BCUT2D eigenvalue weighted by Gasteiger charge is 2.31. The van der Waals surface area contributed by atoms with Crippen LogP contribution < -0.4 is 15.6 Å². The van der Waals surface area contributed by atoms with Crippen molar-refractivity contribution in [2.45, 2.75) is 32.9 Å². The monoisotopic (exact) mass is 483 g/mol. The van der Waals surface area contributed by atoms with Crippen LogP contribution in [-0.2, 0) is 7.05 Å². The molecule has 1 fully saturated rings. The zero-order valence-electron chi connectivity index (χ0n) is 19.9. The summed E-state index contributed by atoms with van der Waals surface area (Å²) in [6.07, 6.45) is 0. The standard InChI is InChI=1S/C25H30ClN5O3/c1-5-34-20-9-7-19(8-10-20)27-25(33)31-13-12-30(15-16(31)2)17(3)23-28-22-14-18(26)6-11-21(22)24(32)29(23)4/h6-11,14,16-17H,5,12-13,15H2,1-4H3,(H,27,33). The summed E-state index contributed by atoms with van der Waals surface area (Å²) in [5.74, 6) is 1.45. The molecule has 0 bridgehead atoms. The molecule has 2 heterocycles. The van der Waals surface area contributed by atoms with Crippen LogP contribution in [0.3, 0.4) is 0 Å². The number of nitrogens with one attached hydrogen (secondary N) is 1. The number of hydrogen-bond donors (Lipinski definition) is 1. The predicted octanol–water partition coefficient (Wildman–Crippen LogP) is 4.28. The first-order valence-electron chi connectivity index (χ1n) is 11.5. The predicted molar refractivity (Wildman–Crippen MR) is 135 cm³/mol. The van der Waals surface area contributed by atoms with Gasteiger partial charge in [-0.15, -0.1) is 0 Å². The molecule has 1 aromatic heterocycles. The smallest absolute Gasteiger partial charge is 0.322 e. The SMILES string of the molecule is CCOc1ccc(NC(=O)N2CCN(C(C)c3nc4cc(Cl)ccc4c(=O)n3C)CC2C)cc1. The number of benzene rings is 2. The van der Waals surface area contributed by atoms with Crippen LogP contribution in [-0.4, -0.2) is 57.7 Å². The molecule has 0 aliphatic carbocycles. The van der Waals surface area contributed by atoms with Crippen LogP contribution in [0.2, 0.25) is 5.02 Å². The van der Waals surface area contributed by atoms with E-state index in [2.05, 4.69) is 10.2 Å². The number of amides is 2. The van der Waals surface area contributed by atoms with Gasteiger partial charge in [0.15, 0.2) is 0 Å². The van der Waals surface area contributed by atoms with E-state index < -0.39 is 0 Å². The summed E-state index contributed by atoms with van der Waals surface area (Å²) in [6.45, 7) is 8.52. The second-order valence-electron chi connectivity index (χ2n) is 8.60. The molecule has 8 nitrogen and oxygen atoms in total. The Balaban J connectivity index is 1.45. The van der Waals surface area contributed by atoms with Gasteiger partial charge < -0.3 is 15.0 Å². The molecule has 180 valence electrons. The van der Waals surface area contributed by atoms with Crippen molar-refractivity contribution in [3.63, 3.8) is 0 Å². The molecule has 34 heavy (non-hydrogen) atoms. The Bertz CT molecular complexity index is 1240. The van der Waals surface area contributed by atoms with Gasteiger partial charge in [-0.25, -0.2) is 9.78 Å². The maximum absolute atomic E-state index is 12.9. The number of piperazine rings is 1. The number of fused-ring (bicyclic) bond motifs is 1. The molecule has 9 heteroatoms. The fraction of sp³-hybridized carbons (Fsp3) is 0.400. The number of carbonyl (C=O) groups excluding carboxylic acids is 1. The van der Waals surface area contributed by atoms with Gasteiger partial charge in [0.2, 0.25) is 0 Å². The first-order valence-corrected chi connectivity index (χ1v) is 11.9. The number of hydrogen-bond acceptors (Lipinski definition) is 5. The summed E-state index contributed by atoms with van der Waals surface area (Å²) in [5.41, 5.74) is 1.23. The van der Waals surface area contributed by atoms with Crippen molar-refractivity contribution in [3.8, 4) is 5.75 Å². The third kappa shape index (κ3) is 4.88. The highest BCUT2D eigenvalue weighted by molar-refractivity contribution is 6.31. The van der Waals surface area contributed by atoms with Crippen molar-refractivity contribution in [2.24, 2.45) is 7.05 Å². The van der Waals surface area contributed by atoms with Gasteiger partial charge in [-0.05, 0) is 63.2 Å². The largest absolute Gasteiger partial charge is 0.494 e. The van der Waals surface area contributed by atoms with Crippen LogP contribution >= 0.6 is 11.6 Å². The van der Waals surface area contributed by atoms with Crippen molar-refractivity contribution in [3.05, 3.63) is 63.7 Å². The summed E-state index contributed by atoms with van der Waals surface area (Å²) >= 11 is 6.13. The molecule has 1 aliphatic heterocycles. The van der Waals surface area contributed by atoms with E-state index in [0.29, 0.717) is 48.0 Å². The lowest BCUT2D eigenvalue weighted by Crippen LogP contribution is -2.55. The van der Waals surface area contributed by atoms with Crippen LogP contribution in [0, 0.1) is 0 Å². The fourth-order valence-electron chi connectivity index (χ4n) is 4.43. The maximum Gasteiger partial charge on any atom is 0.322 e. The van der Waals surface area contributed by atoms with Gasteiger partial charge in [-0.1, -0.05) is 11.6 Å². The lowest BCUT2D eigenvalue weighted by atomic mass is 10.1. The van der Waals surface area contributed by atoms with E-state index in [1.54, 1.807) is 29.8 Å². The number of ether oxygens (including phenoxy) is 1. The number of carbonyl (C=O) groups is 1. The first kappa shape index (κ1) is 24.0. The molecule has 4 rings (SSSR count). The summed E-state index contributed by atoms with van der Waals surface area (Å²) < 4.78 is 7.06. The first-order chi connectivity index (χ1) is 16.3. The van der Waals surface area contributed by atoms with Crippen molar-refractivity contribution < 1.29 is 9.53 Å². The van der Waals surface area contributed by atoms with E-state index in [1.807, 2.05) is 49.9 Å². The van der Waals surface area contributed by atoms with Crippen molar-refractivity contribution in [2.75, 3.05) is 31.6 Å². The quantitative estimate of drug-likeness (QED) is 0.585. The molecule has 1 aliphatic rings. The third-order valence-corrected chi connectivity index (χ3v) is 6.57. The normalized spacial score (nSPS) is 17.6.